The van der Waals surface area contributed by atoms with Gasteiger partial charge in [0, 0.05) is 23.9 Å². The maximum atomic E-state index is 13.5. The Morgan fingerprint density at radius 3 is 2.41 bits per heavy atom. The minimum atomic E-state index is -3.44. The summed E-state index contributed by atoms with van der Waals surface area (Å²) in [6.07, 6.45) is 4.40. The Morgan fingerprint density at radius 2 is 1.79 bits per heavy atom. The third-order valence-corrected chi connectivity index (χ3v) is 8.61. The summed E-state index contributed by atoms with van der Waals surface area (Å²) in [6.45, 7) is 3.71. The largest absolute Gasteiger partial charge is 0.399 e. The van der Waals surface area contributed by atoms with Gasteiger partial charge in [0.2, 0.25) is 0 Å². The number of hydrogen-bond donors (Lipinski definition) is 3. The Balaban J connectivity index is 2.06. The van der Waals surface area contributed by atoms with E-state index in [0.29, 0.717) is 42.4 Å². The number of nitrogen functional groups attached to an aromatic ring is 1. The zero-order valence-electron chi connectivity index (χ0n) is 17.1. The van der Waals surface area contributed by atoms with Gasteiger partial charge in [0.25, 0.3) is 0 Å². The van der Waals surface area contributed by atoms with Gasteiger partial charge in [-0.2, -0.15) is 0 Å². The SMILES string of the molecule is CC(C)(c1cc(NCCO)nc(-c2ccc(N)cc2)n1)S(=O)(=O)C1CCCCC1. The molecule has 1 aromatic heterocycles. The number of aliphatic hydroxyl groups is 1. The van der Waals surface area contributed by atoms with E-state index in [0.717, 1.165) is 24.8 Å². The van der Waals surface area contributed by atoms with Crippen LogP contribution in [-0.2, 0) is 14.6 Å². The van der Waals surface area contributed by atoms with E-state index in [1.54, 1.807) is 32.0 Å². The summed E-state index contributed by atoms with van der Waals surface area (Å²) in [7, 11) is -3.44. The Bertz CT molecular complexity index is 937. The molecule has 0 radical (unpaired) electrons. The number of nitrogens with one attached hydrogen (secondary N) is 1. The van der Waals surface area contributed by atoms with E-state index in [1.807, 2.05) is 12.1 Å². The van der Waals surface area contributed by atoms with Crippen molar-refractivity contribution >= 4 is 21.3 Å². The van der Waals surface area contributed by atoms with Gasteiger partial charge in [0.15, 0.2) is 15.7 Å². The van der Waals surface area contributed by atoms with Crippen LogP contribution in [0.1, 0.15) is 51.6 Å². The summed E-state index contributed by atoms with van der Waals surface area (Å²) in [4.78, 5) is 9.15. The van der Waals surface area contributed by atoms with Gasteiger partial charge in [0.1, 0.15) is 10.6 Å². The van der Waals surface area contributed by atoms with Crippen LogP contribution in [0.5, 0.6) is 0 Å². The zero-order valence-corrected chi connectivity index (χ0v) is 17.9. The Morgan fingerprint density at radius 1 is 1.14 bits per heavy atom. The Kier molecular flexibility index (Phi) is 6.43. The highest BCUT2D eigenvalue weighted by molar-refractivity contribution is 7.92. The van der Waals surface area contributed by atoms with Crippen LogP contribution in [0.15, 0.2) is 30.3 Å². The Labute approximate surface area is 172 Å². The molecule has 3 rings (SSSR count). The Hall–Kier alpha value is -2.19. The van der Waals surface area contributed by atoms with Crippen molar-refractivity contribution in [3.63, 3.8) is 0 Å². The van der Waals surface area contributed by atoms with Crippen LogP contribution in [0.2, 0.25) is 0 Å². The van der Waals surface area contributed by atoms with E-state index in [2.05, 4.69) is 15.3 Å². The molecule has 0 bridgehead atoms. The molecule has 0 unspecified atom stereocenters. The summed E-state index contributed by atoms with van der Waals surface area (Å²) in [5, 5.41) is 11.9. The van der Waals surface area contributed by atoms with Gasteiger partial charge in [-0.15, -0.1) is 0 Å². The molecule has 1 fully saturated rings. The van der Waals surface area contributed by atoms with Crippen LogP contribution < -0.4 is 11.1 Å². The number of nitrogens with two attached hydrogens (primary N) is 1. The third kappa shape index (κ3) is 4.53. The first-order chi connectivity index (χ1) is 13.8. The number of sulfone groups is 1. The monoisotopic (exact) mass is 418 g/mol. The molecule has 29 heavy (non-hydrogen) atoms. The third-order valence-electron chi connectivity index (χ3n) is 5.63. The lowest BCUT2D eigenvalue weighted by atomic mass is 10.0. The molecular weight excluding hydrogens is 388 g/mol. The number of rotatable bonds is 7. The molecule has 158 valence electrons. The molecule has 1 saturated carbocycles. The second kappa shape index (κ2) is 8.67. The predicted octanol–water partition coefficient (Wildman–Crippen LogP) is 3.11. The lowest BCUT2D eigenvalue weighted by Gasteiger charge is -2.32. The fourth-order valence-electron chi connectivity index (χ4n) is 3.73. The topological polar surface area (TPSA) is 118 Å². The molecule has 8 heteroatoms. The smallest absolute Gasteiger partial charge is 0.164 e. The van der Waals surface area contributed by atoms with Crippen LogP contribution in [0.3, 0.4) is 0 Å². The van der Waals surface area contributed by atoms with E-state index >= 15 is 0 Å². The first kappa shape index (κ1) is 21.5. The molecule has 1 heterocycles. The number of benzene rings is 1. The molecule has 4 N–H and O–H groups in total. The van der Waals surface area contributed by atoms with Gasteiger partial charge in [-0.1, -0.05) is 19.3 Å². The van der Waals surface area contributed by atoms with Crippen LogP contribution in [-0.4, -0.2) is 41.9 Å². The maximum Gasteiger partial charge on any atom is 0.164 e. The summed E-state index contributed by atoms with van der Waals surface area (Å²) < 4.78 is 25.8. The summed E-state index contributed by atoms with van der Waals surface area (Å²) >= 11 is 0. The number of hydrogen-bond acceptors (Lipinski definition) is 7. The van der Waals surface area contributed by atoms with Crippen molar-refractivity contribution < 1.29 is 13.5 Å². The second-order valence-corrected chi connectivity index (χ2v) is 10.8. The van der Waals surface area contributed by atoms with Gasteiger partial charge in [0.05, 0.1) is 17.6 Å². The van der Waals surface area contributed by atoms with E-state index < -0.39 is 14.6 Å². The highest BCUT2D eigenvalue weighted by Crippen LogP contribution is 2.38. The van der Waals surface area contributed by atoms with Crippen molar-refractivity contribution in [2.24, 2.45) is 0 Å². The molecule has 2 aromatic rings. The second-order valence-electron chi connectivity index (χ2n) is 8.05. The van der Waals surface area contributed by atoms with Crippen molar-refractivity contribution in [1.82, 2.24) is 9.97 Å². The molecule has 0 aliphatic heterocycles. The normalized spacial score (nSPS) is 16.0. The molecule has 0 atom stereocenters. The molecule has 1 aromatic carbocycles. The highest BCUT2D eigenvalue weighted by Gasteiger charge is 2.43. The van der Waals surface area contributed by atoms with Gasteiger partial charge in [-0.3, -0.25) is 0 Å². The van der Waals surface area contributed by atoms with Crippen molar-refractivity contribution in [1.29, 1.82) is 0 Å². The summed E-state index contributed by atoms with van der Waals surface area (Å²) in [5.41, 5.74) is 7.61. The summed E-state index contributed by atoms with van der Waals surface area (Å²) in [6, 6.07) is 8.82. The molecule has 1 aliphatic carbocycles. The molecular formula is C21H30N4O3S. The fraction of sp³-hybridized carbons (Fsp3) is 0.524. The lowest BCUT2D eigenvalue weighted by Crippen LogP contribution is -2.39. The van der Waals surface area contributed by atoms with Crippen LogP contribution in [0.25, 0.3) is 11.4 Å². The maximum absolute atomic E-state index is 13.5. The molecule has 0 amide bonds. The number of nitrogens with zero attached hydrogens (tertiary/aromatic N) is 2. The van der Waals surface area contributed by atoms with Crippen LogP contribution in [0.4, 0.5) is 11.5 Å². The highest BCUT2D eigenvalue weighted by atomic mass is 32.2. The first-order valence-corrected chi connectivity index (χ1v) is 11.6. The van der Waals surface area contributed by atoms with Crippen molar-refractivity contribution in [3.05, 3.63) is 36.0 Å². The van der Waals surface area contributed by atoms with Gasteiger partial charge in [-0.25, -0.2) is 18.4 Å². The van der Waals surface area contributed by atoms with Crippen LogP contribution in [0, 0.1) is 0 Å². The van der Waals surface area contributed by atoms with E-state index in [-0.39, 0.29) is 11.9 Å². The van der Waals surface area contributed by atoms with E-state index in [9.17, 15) is 8.42 Å². The number of aromatic nitrogens is 2. The molecule has 0 spiro atoms. The minimum Gasteiger partial charge on any atom is -0.399 e. The predicted molar refractivity (Wildman–Crippen MR) is 116 cm³/mol. The molecule has 1 aliphatic rings. The van der Waals surface area contributed by atoms with E-state index in [1.165, 1.54) is 0 Å². The fourth-order valence-corrected chi connectivity index (χ4v) is 5.91. The first-order valence-electron chi connectivity index (χ1n) is 10.1. The van der Waals surface area contributed by atoms with Crippen molar-refractivity contribution in [3.8, 4) is 11.4 Å². The molecule has 7 nitrogen and oxygen atoms in total. The molecule has 0 saturated heterocycles. The lowest BCUT2D eigenvalue weighted by molar-refractivity contribution is 0.311. The number of aliphatic hydroxyl groups excluding tert-OH is 1. The standard InChI is InChI=1S/C21H30N4O3S/c1-21(2,29(27,28)17-6-4-3-5-7-17)18-14-19(23-12-13-26)25-20(24-18)15-8-10-16(22)11-9-15/h8-11,14,17,26H,3-7,12-13,22H2,1-2H3,(H,23,24,25). The summed E-state index contributed by atoms with van der Waals surface area (Å²) in [5.74, 6) is 0.914. The van der Waals surface area contributed by atoms with Crippen LogP contribution >= 0.6 is 0 Å². The van der Waals surface area contributed by atoms with E-state index in [4.69, 9.17) is 10.8 Å². The number of anilines is 2. The average molecular weight is 419 g/mol. The van der Waals surface area contributed by atoms with Gasteiger partial charge >= 0.3 is 0 Å². The average Bonchev–Trinajstić information content (AvgIpc) is 2.73. The minimum absolute atomic E-state index is 0.0553. The zero-order chi connectivity index (χ0) is 21.1. The van der Waals surface area contributed by atoms with Gasteiger partial charge in [-0.05, 0) is 51.0 Å². The quantitative estimate of drug-likeness (QED) is 0.591. The van der Waals surface area contributed by atoms with Crippen molar-refractivity contribution in [2.75, 3.05) is 24.2 Å². The van der Waals surface area contributed by atoms with Gasteiger partial charge < -0.3 is 16.2 Å². The van der Waals surface area contributed by atoms with Crippen molar-refractivity contribution in [2.45, 2.75) is 55.9 Å².